The number of anilines is 2. The molecule has 4 aromatic rings. The number of alkyl halides is 3. The molecular weight excluding hydrogens is 448 g/mol. The van der Waals surface area contributed by atoms with E-state index in [9.17, 15) is 17.6 Å². The van der Waals surface area contributed by atoms with E-state index in [0.717, 1.165) is 42.3 Å². The number of benzene rings is 1. The molecule has 1 aromatic carbocycles. The minimum absolute atomic E-state index is 0.0456. The second kappa shape index (κ2) is 8.82. The normalized spacial score (nSPS) is 13.2. The third-order valence-corrected chi connectivity index (χ3v) is 4.71. The molecule has 4 N–H and O–H groups in total. The Morgan fingerprint density at radius 1 is 1.27 bits per heavy atom. The molecule has 0 amide bonds. The van der Waals surface area contributed by atoms with E-state index >= 15 is 0 Å². The highest BCUT2D eigenvalue weighted by atomic mass is 19.4. The van der Waals surface area contributed by atoms with Crippen molar-refractivity contribution in [3.8, 4) is 5.82 Å². The van der Waals surface area contributed by atoms with Crippen molar-refractivity contribution in [3.05, 3.63) is 53.9 Å². The van der Waals surface area contributed by atoms with Crippen LogP contribution < -0.4 is 10.6 Å². The van der Waals surface area contributed by atoms with Crippen molar-refractivity contribution in [1.29, 1.82) is 0 Å². The Kier molecular flexibility index (Phi) is 5.91. The van der Waals surface area contributed by atoms with Crippen molar-refractivity contribution < 1.29 is 27.5 Å². The molecule has 0 fully saturated rings. The van der Waals surface area contributed by atoms with E-state index in [1.807, 2.05) is 12.1 Å². The summed E-state index contributed by atoms with van der Waals surface area (Å²) in [6, 6.07) is 6.02. The molecule has 0 atom stereocenters. The number of aromatic amines is 1. The van der Waals surface area contributed by atoms with Gasteiger partial charge in [-0.15, -0.1) is 5.10 Å². The standard InChI is InChI=1S/C17H15FN8.C2HF3O2/c18-13-9-20-17(24-16(13)26-6-5-21-25-26)22-10-1-2-14-11(7-10)12-8-19-4-3-15(12)23-14;3-2(4,5)1(6)7/h1-2,5-7,9,19,23H,3-4,8H2,(H,20,22,24);(H,6,7). The van der Waals surface area contributed by atoms with Gasteiger partial charge in [0.25, 0.3) is 0 Å². The molecule has 5 rings (SSSR count). The summed E-state index contributed by atoms with van der Waals surface area (Å²) in [6.45, 7) is 1.84. The SMILES string of the molecule is Fc1cnc(Nc2ccc3[nH]c4c(c3c2)CNCC4)nc1-n1ccnn1.O=C(O)C(F)(F)F. The lowest BCUT2D eigenvalue weighted by Gasteiger charge is -2.12. The molecule has 4 heterocycles. The zero-order chi connectivity index (χ0) is 23.6. The number of hydrogen-bond acceptors (Lipinski definition) is 7. The molecule has 0 saturated carbocycles. The van der Waals surface area contributed by atoms with Gasteiger partial charge in [-0.05, 0) is 23.8 Å². The molecule has 0 saturated heterocycles. The van der Waals surface area contributed by atoms with Crippen LogP contribution in [0.25, 0.3) is 16.7 Å². The van der Waals surface area contributed by atoms with Crippen LogP contribution in [-0.2, 0) is 17.8 Å². The fraction of sp³-hybridized carbons (Fsp3) is 0.211. The maximum Gasteiger partial charge on any atom is 0.490 e. The van der Waals surface area contributed by atoms with Gasteiger partial charge in [0.2, 0.25) is 5.95 Å². The molecule has 10 nitrogen and oxygen atoms in total. The minimum Gasteiger partial charge on any atom is -0.475 e. The summed E-state index contributed by atoms with van der Waals surface area (Å²) in [5, 5.41) is 22.3. The van der Waals surface area contributed by atoms with E-state index in [4.69, 9.17) is 9.90 Å². The van der Waals surface area contributed by atoms with Gasteiger partial charge < -0.3 is 20.7 Å². The summed E-state index contributed by atoms with van der Waals surface area (Å²) < 4.78 is 47.0. The molecule has 0 radical (unpaired) electrons. The predicted octanol–water partition coefficient (Wildman–Crippen LogP) is 2.70. The fourth-order valence-electron chi connectivity index (χ4n) is 3.25. The maximum absolute atomic E-state index is 14.0. The number of aliphatic carboxylic acids is 1. The Labute approximate surface area is 182 Å². The molecule has 0 aliphatic carbocycles. The van der Waals surface area contributed by atoms with Crippen LogP contribution in [0.15, 0.2) is 36.8 Å². The first kappa shape index (κ1) is 22.1. The quantitative estimate of drug-likeness (QED) is 0.340. The zero-order valence-corrected chi connectivity index (χ0v) is 16.7. The lowest BCUT2D eigenvalue weighted by atomic mass is 10.1. The van der Waals surface area contributed by atoms with Crippen molar-refractivity contribution in [3.63, 3.8) is 0 Å². The molecule has 0 unspecified atom stereocenters. The first-order valence-corrected chi connectivity index (χ1v) is 9.53. The summed E-state index contributed by atoms with van der Waals surface area (Å²) in [5.74, 6) is -2.99. The van der Waals surface area contributed by atoms with Gasteiger partial charge in [0, 0.05) is 41.8 Å². The predicted molar refractivity (Wildman–Crippen MR) is 108 cm³/mol. The minimum atomic E-state index is -5.08. The Balaban J connectivity index is 0.000000325. The van der Waals surface area contributed by atoms with Crippen LogP contribution in [0.2, 0.25) is 0 Å². The Bertz CT molecular complexity index is 1290. The molecule has 1 aliphatic heterocycles. The van der Waals surface area contributed by atoms with Gasteiger partial charge in [0.05, 0.1) is 18.6 Å². The van der Waals surface area contributed by atoms with Crippen molar-refractivity contribution in [1.82, 2.24) is 35.3 Å². The van der Waals surface area contributed by atoms with Crippen molar-refractivity contribution in [2.24, 2.45) is 0 Å². The molecule has 33 heavy (non-hydrogen) atoms. The summed E-state index contributed by atoms with van der Waals surface area (Å²) >= 11 is 0. The highest BCUT2D eigenvalue weighted by Crippen LogP contribution is 2.28. The van der Waals surface area contributed by atoms with Crippen LogP contribution >= 0.6 is 0 Å². The van der Waals surface area contributed by atoms with Gasteiger partial charge in [0.15, 0.2) is 11.6 Å². The van der Waals surface area contributed by atoms with Crippen LogP contribution in [0, 0.1) is 5.82 Å². The third kappa shape index (κ3) is 4.90. The van der Waals surface area contributed by atoms with E-state index in [2.05, 4.69) is 42.0 Å². The summed E-state index contributed by atoms with van der Waals surface area (Å²) in [4.78, 5) is 20.6. The van der Waals surface area contributed by atoms with Crippen molar-refractivity contribution in [2.75, 3.05) is 11.9 Å². The van der Waals surface area contributed by atoms with E-state index in [1.165, 1.54) is 28.3 Å². The van der Waals surface area contributed by atoms with Crippen LogP contribution in [0.5, 0.6) is 0 Å². The van der Waals surface area contributed by atoms with E-state index in [0.29, 0.717) is 5.95 Å². The highest BCUT2D eigenvalue weighted by molar-refractivity contribution is 5.88. The van der Waals surface area contributed by atoms with Gasteiger partial charge in [-0.2, -0.15) is 22.8 Å². The van der Waals surface area contributed by atoms with E-state index in [-0.39, 0.29) is 5.82 Å². The number of nitrogens with zero attached hydrogens (tertiary/aromatic N) is 5. The smallest absolute Gasteiger partial charge is 0.475 e. The molecule has 1 aliphatic rings. The average Bonchev–Trinajstić information content (AvgIpc) is 3.43. The number of carboxylic acid groups (broad SMARTS) is 1. The number of carboxylic acids is 1. The van der Waals surface area contributed by atoms with Gasteiger partial charge in [-0.3, -0.25) is 0 Å². The van der Waals surface area contributed by atoms with Crippen molar-refractivity contribution in [2.45, 2.75) is 19.1 Å². The number of halogens is 4. The first-order valence-electron chi connectivity index (χ1n) is 9.53. The summed E-state index contributed by atoms with van der Waals surface area (Å²) in [6.07, 6.45) is 0.0219. The maximum atomic E-state index is 14.0. The number of hydrogen-bond donors (Lipinski definition) is 4. The largest absolute Gasteiger partial charge is 0.490 e. The number of aromatic nitrogens is 6. The van der Waals surface area contributed by atoms with Crippen LogP contribution in [0.3, 0.4) is 0 Å². The summed E-state index contributed by atoms with van der Waals surface area (Å²) in [7, 11) is 0. The van der Waals surface area contributed by atoms with Gasteiger partial charge in [0.1, 0.15) is 0 Å². The Morgan fingerprint density at radius 3 is 2.76 bits per heavy atom. The lowest BCUT2D eigenvalue weighted by molar-refractivity contribution is -0.192. The number of fused-ring (bicyclic) bond motifs is 3. The molecular formula is C19H16F4N8O2. The van der Waals surface area contributed by atoms with Crippen molar-refractivity contribution >= 4 is 28.5 Å². The number of rotatable bonds is 3. The lowest BCUT2D eigenvalue weighted by Crippen LogP contribution is -2.22. The Morgan fingerprint density at radius 2 is 2.06 bits per heavy atom. The molecule has 0 bridgehead atoms. The molecule has 14 heteroatoms. The van der Waals surface area contributed by atoms with E-state index in [1.54, 1.807) is 0 Å². The number of H-pyrrole nitrogens is 1. The van der Waals surface area contributed by atoms with Crippen LogP contribution in [0.4, 0.5) is 29.2 Å². The molecule has 3 aromatic heterocycles. The fourth-order valence-corrected chi connectivity index (χ4v) is 3.25. The highest BCUT2D eigenvalue weighted by Gasteiger charge is 2.38. The molecule has 0 spiro atoms. The van der Waals surface area contributed by atoms with Gasteiger partial charge in [-0.1, -0.05) is 5.21 Å². The topological polar surface area (TPSA) is 134 Å². The zero-order valence-electron chi connectivity index (χ0n) is 16.7. The summed E-state index contributed by atoms with van der Waals surface area (Å²) in [5.41, 5.74) is 4.51. The van der Waals surface area contributed by atoms with Gasteiger partial charge >= 0.3 is 12.1 Å². The number of carbonyl (C=O) groups is 1. The third-order valence-electron chi connectivity index (χ3n) is 4.71. The van der Waals surface area contributed by atoms with E-state index < -0.39 is 18.0 Å². The van der Waals surface area contributed by atoms with Gasteiger partial charge in [-0.25, -0.2) is 14.2 Å². The van der Waals surface area contributed by atoms with Crippen LogP contribution in [0.1, 0.15) is 11.3 Å². The monoisotopic (exact) mass is 464 g/mol. The second-order valence-corrected chi connectivity index (χ2v) is 6.91. The first-order chi connectivity index (χ1) is 15.7. The molecule has 172 valence electrons. The second-order valence-electron chi connectivity index (χ2n) is 6.91. The Hall–Kier alpha value is -4.07. The number of nitrogens with one attached hydrogen (secondary N) is 3. The average molecular weight is 464 g/mol. The van der Waals surface area contributed by atoms with Crippen LogP contribution in [-0.4, -0.2) is 53.7 Å².